The molecule has 0 heterocycles. The Balaban J connectivity index is 2.36. The molecule has 0 saturated heterocycles. The SMILES string of the molecule is CCN(CCCCNC(C)C)c1ccccc1F. The second kappa shape index (κ2) is 8.09. The lowest BCUT2D eigenvalue weighted by Gasteiger charge is -2.23. The van der Waals surface area contributed by atoms with Gasteiger partial charge in [-0.15, -0.1) is 0 Å². The maximum absolute atomic E-state index is 13.7. The smallest absolute Gasteiger partial charge is 0.146 e. The van der Waals surface area contributed by atoms with Crippen LogP contribution in [0, 0.1) is 5.82 Å². The minimum absolute atomic E-state index is 0.125. The van der Waals surface area contributed by atoms with Crippen LogP contribution in [0.25, 0.3) is 0 Å². The van der Waals surface area contributed by atoms with Crippen molar-refractivity contribution in [1.82, 2.24) is 5.32 Å². The predicted molar refractivity (Wildman–Crippen MR) is 76.7 cm³/mol. The first kappa shape index (κ1) is 15.0. The van der Waals surface area contributed by atoms with Crippen LogP contribution in [-0.4, -0.2) is 25.7 Å². The maximum Gasteiger partial charge on any atom is 0.146 e. The molecule has 0 aliphatic carbocycles. The Kier molecular flexibility index (Phi) is 6.73. The minimum atomic E-state index is -0.125. The summed E-state index contributed by atoms with van der Waals surface area (Å²) >= 11 is 0. The van der Waals surface area contributed by atoms with E-state index in [-0.39, 0.29) is 5.82 Å². The molecule has 18 heavy (non-hydrogen) atoms. The summed E-state index contributed by atoms with van der Waals surface area (Å²) in [7, 11) is 0. The fourth-order valence-electron chi connectivity index (χ4n) is 1.98. The van der Waals surface area contributed by atoms with Crippen molar-refractivity contribution in [3.8, 4) is 0 Å². The Morgan fingerprint density at radius 3 is 2.56 bits per heavy atom. The fourth-order valence-corrected chi connectivity index (χ4v) is 1.98. The van der Waals surface area contributed by atoms with Gasteiger partial charge in [-0.05, 0) is 38.4 Å². The third-order valence-electron chi connectivity index (χ3n) is 2.98. The molecular weight excluding hydrogens is 227 g/mol. The van der Waals surface area contributed by atoms with Crippen LogP contribution < -0.4 is 10.2 Å². The zero-order valence-corrected chi connectivity index (χ0v) is 11.7. The Morgan fingerprint density at radius 1 is 1.22 bits per heavy atom. The molecule has 1 aromatic rings. The molecule has 3 heteroatoms. The van der Waals surface area contributed by atoms with Crippen LogP contribution in [0.15, 0.2) is 24.3 Å². The summed E-state index contributed by atoms with van der Waals surface area (Å²) in [6.07, 6.45) is 2.21. The van der Waals surface area contributed by atoms with Crippen molar-refractivity contribution in [1.29, 1.82) is 0 Å². The van der Waals surface area contributed by atoms with Crippen molar-refractivity contribution in [2.45, 2.75) is 39.7 Å². The topological polar surface area (TPSA) is 15.3 Å². The molecule has 0 aliphatic rings. The van der Waals surface area contributed by atoms with E-state index >= 15 is 0 Å². The highest BCUT2D eigenvalue weighted by atomic mass is 19.1. The number of nitrogens with one attached hydrogen (secondary N) is 1. The molecule has 0 aliphatic heterocycles. The lowest BCUT2D eigenvalue weighted by molar-refractivity contribution is 0.552. The van der Waals surface area contributed by atoms with Crippen molar-refractivity contribution in [2.24, 2.45) is 0 Å². The van der Waals surface area contributed by atoms with E-state index in [1.807, 2.05) is 12.1 Å². The second-order valence-electron chi connectivity index (χ2n) is 4.85. The first-order valence-corrected chi connectivity index (χ1v) is 6.88. The van der Waals surface area contributed by atoms with Crippen LogP contribution in [-0.2, 0) is 0 Å². The zero-order chi connectivity index (χ0) is 13.4. The Hall–Kier alpha value is -1.09. The van der Waals surface area contributed by atoms with E-state index in [2.05, 4.69) is 31.0 Å². The Labute approximate surface area is 110 Å². The largest absolute Gasteiger partial charge is 0.369 e. The van der Waals surface area contributed by atoms with Gasteiger partial charge in [0.15, 0.2) is 0 Å². The second-order valence-corrected chi connectivity index (χ2v) is 4.85. The van der Waals surface area contributed by atoms with E-state index in [0.29, 0.717) is 6.04 Å². The van der Waals surface area contributed by atoms with E-state index in [4.69, 9.17) is 0 Å². The summed E-state index contributed by atoms with van der Waals surface area (Å²) in [5.74, 6) is -0.125. The third-order valence-corrected chi connectivity index (χ3v) is 2.98. The first-order chi connectivity index (χ1) is 8.65. The molecule has 0 spiro atoms. The van der Waals surface area contributed by atoms with Crippen molar-refractivity contribution >= 4 is 5.69 Å². The molecule has 102 valence electrons. The predicted octanol–water partition coefficient (Wildman–Crippen LogP) is 3.43. The van der Waals surface area contributed by atoms with Crippen molar-refractivity contribution in [3.63, 3.8) is 0 Å². The molecule has 2 nitrogen and oxygen atoms in total. The molecule has 0 saturated carbocycles. The number of unbranched alkanes of at least 4 members (excludes halogenated alkanes) is 1. The quantitative estimate of drug-likeness (QED) is 0.713. The van der Waals surface area contributed by atoms with Gasteiger partial charge in [0.05, 0.1) is 5.69 Å². The number of benzene rings is 1. The van der Waals surface area contributed by atoms with Gasteiger partial charge in [0, 0.05) is 19.1 Å². The van der Waals surface area contributed by atoms with E-state index in [0.717, 1.165) is 38.2 Å². The molecule has 0 radical (unpaired) electrons. The van der Waals surface area contributed by atoms with Crippen LogP contribution in [0.4, 0.5) is 10.1 Å². The summed E-state index contributed by atoms with van der Waals surface area (Å²) in [5, 5.41) is 3.40. The molecule has 1 rings (SSSR count). The number of nitrogens with zero attached hydrogens (tertiary/aromatic N) is 1. The maximum atomic E-state index is 13.7. The van der Waals surface area contributed by atoms with Crippen molar-refractivity contribution < 1.29 is 4.39 Å². The highest BCUT2D eigenvalue weighted by Gasteiger charge is 2.08. The number of anilines is 1. The normalized spacial score (nSPS) is 10.9. The number of hydrogen-bond acceptors (Lipinski definition) is 2. The van der Waals surface area contributed by atoms with Crippen molar-refractivity contribution in [3.05, 3.63) is 30.1 Å². The van der Waals surface area contributed by atoms with E-state index in [9.17, 15) is 4.39 Å². The minimum Gasteiger partial charge on any atom is -0.369 e. The average Bonchev–Trinajstić information content (AvgIpc) is 2.35. The number of para-hydroxylation sites is 1. The molecule has 0 atom stereocenters. The standard InChI is InChI=1S/C15H25FN2/c1-4-18(12-8-7-11-17-13(2)3)15-10-6-5-9-14(15)16/h5-6,9-10,13,17H,4,7-8,11-12H2,1-3H3. The molecule has 1 N–H and O–H groups in total. The molecule has 0 aromatic heterocycles. The van der Waals surface area contributed by atoms with Crippen molar-refractivity contribution in [2.75, 3.05) is 24.5 Å². The van der Waals surface area contributed by atoms with Gasteiger partial charge in [0.25, 0.3) is 0 Å². The summed E-state index contributed by atoms with van der Waals surface area (Å²) in [6, 6.07) is 7.54. The van der Waals surface area contributed by atoms with Crippen LogP contribution >= 0.6 is 0 Å². The summed E-state index contributed by atoms with van der Waals surface area (Å²) in [5.41, 5.74) is 0.719. The highest BCUT2D eigenvalue weighted by Crippen LogP contribution is 2.18. The lowest BCUT2D eigenvalue weighted by atomic mass is 10.2. The molecule has 0 bridgehead atoms. The average molecular weight is 252 g/mol. The van der Waals surface area contributed by atoms with Crippen LogP contribution in [0.2, 0.25) is 0 Å². The van der Waals surface area contributed by atoms with E-state index in [1.165, 1.54) is 6.07 Å². The fraction of sp³-hybridized carbons (Fsp3) is 0.600. The van der Waals surface area contributed by atoms with Gasteiger partial charge in [-0.25, -0.2) is 4.39 Å². The number of halogens is 1. The Bertz CT molecular complexity index is 339. The highest BCUT2D eigenvalue weighted by molar-refractivity contribution is 5.47. The third kappa shape index (κ3) is 5.05. The lowest BCUT2D eigenvalue weighted by Crippen LogP contribution is -2.27. The monoisotopic (exact) mass is 252 g/mol. The summed E-state index contributed by atoms with van der Waals surface area (Å²) in [6.45, 7) is 9.16. The molecule has 0 unspecified atom stereocenters. The van der Waals surface area contributed by atoms with Gasteiger partial charge in [-0.1, -0.05) is 26.0 Å². The van der Waals surface area contributed by atoms with Crippen LogP contribution in [0.1, 0.15) is 33.6 Å². The molecule has 0 amide bonds. The molecule has 0 fully saturated rings. The van der Waals surface area contributed by atoms with Crippen LogP contribution in [0.3, 0.4) is 0 Å². The number of rotatable bonds is 8. The van der Waals surface area contributed by atoms with Gasteiger partial charge in [0.1, 0.15) is 5.82 Å². The van der Waals surface area contributed by atoms with Gasteiger partial charge >= 0.3 is 0 Å². The number of hydrogen-bond donors (Lipinski definition) is 1. The van der Waals surface area contributed by atoms with E-state index < -0.39 is 0 Å². The first-order valence-electron chi connectivity index (χ1n) is 6.88. The van der Waals surface area contributed by atoms with Gasteiger partial charge in [-0.3, -0.25) is 0 Å². The van der Waals surface area contributed by atoms with Gasteiger partial charge in [0.2, 0.25) is 0 Å². The molecular formula is C15H25FN2. The van der Waals surface area contributed by atoms with Crippen LogP contribution in [0.5, 0.6) is 0 Å². The summed E-state index contributed by atoms with van der Waals surface area (Å²) in [4.78, 5) is 2.10. The Morgan fingerprint density at radius 2 is 1.94 bits per heavy atom. The van der Waals surface area contributed by atoms with Gasteiger partial charge < -0.3 is 10.2 Å². The van der Waals surface area contributed by atoms with Gasteiger partial charge in [-0.2, -0.15) is 0 Å². The van der Waals surface area contributed by atoms with E-state index in [1.54, 1.807) is 6.07 Å². The molecule has 1 aromatic carbocycles. The summed E-state index contributed by atoms with van der Waals surface area (Å²) < 4.78 is 13.7. The zero-order valence-electron chi connectivity index (χ0n) is 11.7.